The summed E-state index contributed by atoms with van der Waals surface area (Å²) in [6.07, 6.45) is 0. The van der Waals surface area contributed by atoms with Gasteiger partial charge in [0.15, 0.2) is 5.82 Å². The van der Waals surface area contributed by atoms with Gasteiger partial charge in [0.2, 0.25) is 0 Å². The van der Waals surface area contributed by atoms with Crippen molar-refractivity contribution in [2.24, 2.45) is 0 Å². The van der Waals surface area contributed by atoms with Crippen molar-refractivity contribution in [2.45, 2.75) is 18.7 Å². The number of thioether (sulfide) groups is 1. The van der Waals surface area contributed by atoms with Gasteiger partial charge < -0.3 is 10.6 Å². The molecule has 0 saturated carbocycles. The second-order valence-electron chi connectivity index (χ2n) is 5.78. The van der Waals surface area contributed by atoms with Crippen molar-refractivity contribution >= 4 is 46.3 Å². The molecule has 0 saturated heterocycles. The summed E-state index contributed by atoms with van der Waals surface area (Å²) in [5, 5.41) is 17.9. The maximum Gasteiger partial charge on any atom is 0.325 e. The molecule has 0 fully saturated rings. The first-order valence-electron chi connectivity index (χ1n) is 7.68. The highest BCUT2D eigenvalue weighted by molar-refractivity contribution is 8.03. The summed E-state index contributed by atoms with van der Waals surface area (Å²) in [5.74, 6) is 0.240. The zero-order chi connectivity index (χ0) is 18.8. The zero-order valence-corrected chi connectivity index (χ0v) is 16.3. The number of benzene rings is 2. The van der Waals surface area contributed by atoms with Crippen LogP contribution < -0.4 is 10.6 Å². The van der Waals surface area contributed by atoms with Crippen LogP contribution in [-0.2, 0) is 0 Å². The number of aryl methyl sites for hydroxylation is 2. The fourth-order valence-corrected chi connectivity index (χ4v) is 3.75. The average Bonchev–Trinajstić information content (AvgIpc) is 2.98. The molecule has 3 rings (SSSR count). The van der Waals surface area contributed by atoms with Crippen LogP contribution in [0.5, 0.6) is 0 Å². The number of fused-ring (bicyclic) bond motifs is 1. The quantitative estimate of drug-likeness (QED) is 0.368. The average molecular weight is 408 g/mol. The molecule has 0 unspecified atom stereocenters. The van der Waals surface area contributed by atoms with Gasteiger partial charge in [-0.25, -0.2) is 0 Å². The van der Waals surface area contributed by atoms with E-state index in [9.17, 15) is 10.1 Å². The molecule has 0 amide bonds. The van der Waals surface area contributed by atoms with Gasteiger partial charge in [-0.15, -0.1) is 0 Å². The van der Waals surface area contributed by atoms with Crippen molar-refractivity contribution in [3.05, 3.63) is 84.6 Å². The molecule has 0 spiro atoms. The Morgan fingerprint density at radius 2 is 1.62 bits per heavy atom. The maximum absolute atomic E-state index is 11.8. The largest absolute Gasteiger partial charge is 0.334 e. The normalized spacial score (nSPS) is 14.2. The summed E-state index contributed by atoms with van der Waals surface area (Å²) in [5.41, 5.74) is 3.46. The third-order valence-electron chi connectivity index (χ3n) is 3.74. The molecule has 2 aromatic carbocycles. The third kappa shape index (κ3) is 3.98. The van der Waals surface area contributed by atoms with E-state index in [4.69, 9.17) is 23.2 Å². The van der Waals surface area contributed by atoms with Crippen molar-refractivity contribution in [1.82, 2.24) is 0 Å². The van der Waals surface area contributed by atoms with Crippen LogP contribution in [-0.4, -0.2) is 4.92 Å². The van der Waals surface area contributed by atoms with E-state index in [1.165, 1.54) is 0 Å². The minimum Gasteiger partial charge on any atom is -0.334 e. The Hall–Kier alpha value is -2.15. The Bertz CT molecular complexity index is 936. The monoisotopic (exact) mass is 407 g/mol. The molecule has 0 aliphatic carbocycles. The van der Waals surface area contributed by atoms with Crippen molar-refractivity contribution in [3.8, 4) is 0 Å². The van der Waals surface area contributed by atoms with E-state index < -0.39 is 4.92 Å². The lowest BCUT2D eigenvalue weighted by molar-refractivity contribution is -0.420. The van der Waals surface area contributed by atoms with Crippen LogP contribution in [0.2, 0.25) is 0 Å². The van der Waals surface area contributed by atoms with Gasteiger partial charge in [0.25, 0.3) is 0 Å². The molecule has 0 aromatic heterocycles. The van der Waals surface area contributed by atoms with E-state index in [0.717, 1.165) is 39.2 Å². The van der Waals surface area contributed by atoms with E-state index in [1.807, 2.05) is 56.3 Å². The summed E-state index contributed by atoms with van der Waals surface area (Å²) >= 11 is 13.2. The maximum atomic E-state index is 11.8. The summed E-state index contributed by atoms with van der Waals surface area (Å²) in [6.45, 7) is 3.92. The molecule has 2 N–H and O–H groups in total. The van der Waals surface area contributed by atoms with Crippen LogP contribution in [0.1, 0.15) is 11.1 Å². The number of halogens is 2. The van der Waals surface area contributed by atoms with Gasteiger partial charge in [0.1, 0.15) is 9.40 Å². The number of nitrogens with zero attached hydrogens (tertiary/aromatic N) is 1. The highest BCUT2D eigenvalue weighted by Crippen LogP contribution is 2.41. The van der Waals surface area contributed by atoms with Gasteiger partial charge >= 0.3 is 5.70 Å². The summed E-state index contributed by atoms with van der Waals surface area (Å²) < 4.78 is -0.162. The number of nitrogens with one attached hydrogen (secondary N) is 2. The molecule has 0 radical (unpaired) electrons. The Kier molecular flexibility index (Phi) is 5.46. The van der Waals surface area contributed by atoms with Crippen LogP contribution in [0.3, 0.4) is 0 Å². The Balaban J connectivity index is 2.02. The first-order chi connectivity index (χ1) is 12.3. The smallest absolute Gasteiger partial charge is 0.325 e. The molecule has 8 heteroatoms. The van der Waals surface area contributed by atoms with Gasteiger partial charge in [0.05, 0.1) is 16.3 Å². The van der Waals surface area contributed by atoms with E-state index in [1.54, 1.807) is 0 Å². The van der Waals surface area contributed by atoms with Crippen LogP contribution in [0.15, 0.2) is 68.3 Å². The standard InChI is InChI=1S/C18H15Cl2N3O2S/c1-10-3-6-12(7-4-10)26-16(17(19)20)15(23(24)25)18-21-13-8-5-11(2)9-14(13)22-18/h3-9,21-22H,1-2H3/b18-15-. The Morgan fingerprint density at radius 1 is 1.00 bits per heavy atom. The first-order valence-corrected chi connectivity index (χ1v) is 9.26. The van der Waals surface area contributed by atoms with Crippen molar-refractivity contribution < 1.29 is 4.92 Å². The predicted molar refractivity (Wildman–Crippen MR) is 108 cm³/mol. The third-order valence-corrected chi connectivity index (χ3v) is 5.45. The second kappa shape index (κ2) is 7.61. The van der Waals surface area contributed by atoms with Gasteiger partial charge in [-0.3, -0.25) is 10.1 Å². The fourth-order valence-electron chi connectivity index (χ4n) is 2.48. The Labute approximate surface area is 165 Å². The molecule has 2 aromatic rings. The Morgan fingerprint density at radius 3 is 2.23 bits per heavy atom. The lowest BCUT2D eigenvalue weighted by atomic mass is 10.2. The number of hydrogen-bond donors (Lipinski definition) is 2. The molecule has 1 aliphatic heterocycles. The minimum absolute atomic E-state index is 0.162. The number of rotatable bonds is 4. The zero-order valence-electron chi connectivity index (χ0n) is 14.0. The van der Waals surface area contributed by atoms with E-state index in [-0.39, 0.29) is 20.9 Å². The molecule has 5 nitrogen and oxygen atoms in total. The molecular formula is C18H15Cl2N3O2S. The molecule has 26 heavy (non-hydrogen) atoms. The van der Waals surface area contributed by atoms with Gasteiger partial charge in [-0.05, 0) is 43.7 Å². The molecule has 134 valence electrons. The molecular weight excluding hydrogens is 393 g/mol. The van der Waals surface area contributed by atoms with E-state index in [0.29, 0.717) is 0 Å². The molecule has 0 atom stereocenters. The van der Waals surface area contributed by atoms with Gasteiger partial charge in [-0.1, -0.05) is 58.7 Å². The van der Waals surface area contributed by atoms with Crippen molar-refractivity contribution in [3.63, 3.8) is 0 Å². The van der Waals surface area contributed by atoms with Crippen LogP contribution >= 0.6 is 35.0 Å². The minimum atomic E-state index is -0.491. The number of hydrogen-bond acceptors (Lipinski definition) is 5. The van der Waals surface area contributed by atoms with Gasteiger partial charge in [0, 0.05) is 4.90 Å². The van der Waals surface area contributed by atoms with E-state index >= 15 is 0 Å². The molecule has 1 aliphatic rings. The summed E-state index contributed by atoms with van der Waals surface area (Å²) in [4.78, 5) is 12.3. The topological polar surface area (TPSA) is 67.2 Å². The predicted octanol–water partition coefficient (Wildman–Crippen LogP) is 6.03. The van der Waals surface area contributed by atoms with Crippen LogP contribution in [0.25, 0.3) is 0 Å². The molecule has 1 heterocycles. The summed E-state index contributed by atoms with van der Waals surface area (Å²) in [6, 6.07) is 13.3. The van der Waals surface area contributed by atoms with Crippen LogP contribution in [0.4, 0.5) is 11.4 Å². The second-order valence-corrected chi connectivity index (χ2v) is 7.82. The van der Waals surface area contributed by atoms with E-state index in [2.05, 4.69) is 10.6 Å². The highest BCUT2D eigenvalue weighted by Gasteiger charge is 2.31. The summed E-state index contributed by atoms with van der Waals surface area (Å²) in [7, 11) is 0. The first kappa shape index (κ1) is 18.6. The lowest BCUT2D eigenvalue weighted by Crippen LogP contribution is -2.12. The fraction of sp³-hybridized carbons (Fsp3) is 0.111. The van der Waals surface area contributed by atoms with Crippen molar-refractivity contribution in [1.29, 1.82) is 0 Å². The lowest BCUT2D eigenvalue weighted by Gasteiger charge is -2.09. The SMILES string of the molecule is Cc1ccc(SC(=C(Cl)Cl)/C(=C2\Nc3ccc(C)cc3N2)[N+](=O)[O-])cc1. The van der Waals surface area contributed by atoms with Crippen molar-refractivity contribution in [2.75, 3.05) is 10.6 Å². The number of anilines is 2. The highest BCUT2D eigenvalue weighted by atomic mass is 35.5. The number of nitro groups is 1. The van der Waals surface area contributed by atoms with Gasteiger partial charge in [-0.2, -0.15) is 0 Å². The molecule has 0 bridgehead atoms. The van der Waals surface area contributed by atoms with Crippen LogP contribution in [0, 0.1) is 24.0 Å².